The number of ether oxygens (including phenoxy) is 1. The van der Waals surface area contributed by atoms with Crippen LogP contribution in [0.2, 0.25) is 0 Å². The van der Waals surface area contributed by atoms with Crippen molar-refractivity contribution in [2.24, 2.45) is 7.05 Å². The standard InChI is InChI=1S/C11H12F3N5O/c1-19-4-7(3-16-19)8-2-9(15)18-10(17-8)5-20-6-11(12,13)14/h2-4H,5-6H2,1H3,(H2,15,17,18). The van der Waals surface area contributed by atoms with Gasteiger partial charge in [0.25, 0.3) is 0 Å². The Morgan fingerprint density at radius 2 is 2.10 bits per heavy atom. The highest BCUT2D eigenvalue weighted by atomic mass is 19.4. The molecule has 2 aromatic rings. The maximum Gasteiger partial charge on any atom is 0.411 e. The summed E-state index contributed by atoms with van der Waals surface area (Å²) in [5.74, 6) is 0.248. The Hall–Kier alpha value is -2.16. The predicted octanol–water partition coefficient (Wildman–Crippen LogP) is 1.54. The van der Waals surface area contributed by atoms with Crippen molar-refractivity contribution in [2.75, 3.05) is 12.3 Å². The molecule has 0 aromatic carbocycles. The molecule has 9 heteroatoms. The summed E-state index contributed by atoms with van der Waals surface area (Å²) in [4.78, 5) is 7.93. The highest BCUT2D eigenvalue weighted by molar-refractivity contribution is 5.59. The molecule has 108 valence electrons. The van der Waals surface area contributed by atoms with Gasteiger partial charge in [-0.25, -0.2) is 9.97 Å². The fourth-order valence-corrected chi connectivity index (χ4v) is 1.54. The molecule has 2 heterocycles. The van der Waals surface area contributed by atoms with Crippen LogP contribution in [-0.2, 0) is 18.4 Å². The lowest BCUT2D eigenvalue weighted by Gasteiger charge is -2.08. The van der Waals surface area contributed by atoms with E-state index in [-0.39, 0.29) is 18.2 Å². The summed E-state index contributed by atoms with van der Waals surface area (Å²) < 4.78 is 42.0. The Morgan fingerprint density at radius 1 is 1.35 bits per heavy atom. The molecule has 0 aliphatic rings. The van der Waals surface area contributed by atoms with E-state index in [2.05, 4.69) is 19.8 Å². The number of alkyl halides is 3. The van der Waals surface area contributed by atoms with E-state index in [1.54, 1.807) is 24.1 Å². The van der Waals surface area contributed by atoms with Gasteiger partial charge < -0.3 is 10.5 Å². The van der Waals surface area contributed by atoms with Gasteiger partial charge in [-0.05, 0) is 0 Å². The normalized spacial score (nSPS) is 11.8. The molecule has 0 aliphatic heterocycles. The number of nitrogens with zero attached hydrogens (tertiary/aromatic N) is 4. The number of aromatic nitrogens is 4. The number of nitrogens with two attached hydrogens (primary N) is 1. The maximum absolute atomic E-state index is 12.0. The van der Waals surface area contributed by atoms with Gasteiger partial charge in [-0.2, -0.15) is 18.3 Å². The molecule has 0 spiro atoms. The highest BCUT2D eigenvalue weighted by Crippen LogP contribution is 2.19. The fraction of sp³-hybridized carbons (Fsp3) is 0.364. The molecule has 0 radical (unpaired) electrons. The predicted molar refractivity (Wildman–Crippen MR) is 64.4 cm³/mol. The van der Waals surface area contributed by atoms with Crippen LogP contribution in [0, 0.1) is 0 Å². The molecule has 2 rings (SSSR count). The van der Waals surface area contributed by atoms with E-state index >= 15 is 0 Å². The molecule has 2 N–H and O–H groups in total. The number of nitrogen functional groups attached to an aromatic ring is 1. The van der Waals surface area contributed by atoms with Crippen LogP contribution in [0.25, 0.3) is 11.3 Å². The molecule has 0 atom stereocenters. The summed E-state index contributed by atoms with van der Waals surface area (Å²) >= 11 is 0. The quantitative estimate of drug-likeness (QED) is 0.922. The molecule has 0 aliphatic carbocycles. The molecule has 2 aromatic heterocycles. The SMILES string of the molecule is Cn1cc(-c2cc(N)nc(COCC(F)(F)F)n2)cn1. The van der Waals surface area contributed by atoms with Gasteiger partial charge in [0.05, 0.1) is 11.9 Å². The first-order valence-corrected chi connectivity index (χ1v) is 5.60. The van der Waals surface area contributed by atoms with Gasteiger partial charge in [-0.1, -0.05) is 0 Å². The van der Waals surface area contributed by atoms with Crippen LogP contribution in [-0.4, -0.2) is 32.5 Å². The summed E-state index contributed by atoms with van der Waals surface area (Å²) in [6, 6.07) is 1.52. The van der Waals surface area contributed by atoms with Gasteiger partial charge in [0.2, 0.25) is 0 Å². The Balaban J connectivity index is 2.13. The molecule has 6 nitrogen and oxygen atoms in total. The molecule has 0 fully saturated rings. The van der Waals surface area contributed by atoms with Gasteiger partial charge in [0.15, 0.2) is 5.82 Å². The lowest BCUT2D eigenvalue weighted by molar-refractivity contribution is -0.177. The fourth-order valence-electron chi connectivity index (χ4n) is 1.54. The van der Waals surface area contributed by atoms with Crippen LogP contribution in [0.1, 0.15) is 5.82 Å². The van der Waals surface area contributed by atoms with Crippen molar-refractivity contribution in [2.45, 2.75) is 12.8 Å². The second-order valence-electron chi connectivity index (χ2n) is 4.10. The summed E-state index contributed by atoms with van der Waals surface area (Å²) in [5, 5.41) is 3.98. The van der Waals surface area contributed by atoms with Gasteiger partial charge >= 0.3 is 6.18 Å². The van der Waals surface area contributed by atoms with Crippen LogP contribution in [0.15, 0.2) is 18.5 Å². The summed E-state index contributed by atoms with van der Waals surface area (Å²) in [6.45, 7) is -1.72. The van der Waals surface area contributed by atoms with Crippen molar-refractivity contribution < 1.29 is 17.9 Å². The Kier molecular flexibility index (Phi) is 3.89. The second-order valence-corrected chi connectivity index (χ2v) is 4.10. The monoisotopic (exact) mass is 287 g/mol. The van der Waals surface area contributed by atoms with Crippen molar-refractivity contribution in [3.05, 3.63) is 24.3 Å². The third-order valence-electron chi connectivity index (χ3n) is 2.29. The average molecular weight is 287 g/mol. The van der Waals surface area contributed by atoms with E-state index in [9.17, 15) is 13.2 Å². The zero-order valence-electron chi connectivity index (χ0n) is 10.6. The zero-order chi connectivity index (χ0) is 14.8. The number of anilines is 1. The first-order chi connectivity index (χ1) is 9.33. The number of aryl methyl sites for hydroxylation is 1. The minimum Gasteiger partial charge on any atom is -0.384 e. The topological polar surface area (TPSA) is 78.9 Å². The first kappa shape index (κ1) is 14.3. The summed E-state index contributed by atoms with van der Waals surface area (Å²) in [5.41, 5.74) is 6.78. The van der Waals surface area contributed by atoms with E-state index in [1.165, 1.54) is 6.07 Å². The van der Waals surface area contributed by atoms with Crippen LogP contribution in [0.3, 0.4) is 0 Å². The van der Waals surface area contributed by atoms with E-state index in [0.717, 1.165) is 0 Å². The lowest BCUT2D eigenvalue weighted by Crippen LogP contribution is -2.17. The molecular formula is C11H12F3N5O. The Labute approximate surface area is 112 Å². The molecule has 20 heavy (non-hydrogen) atoms. The van der Waals surface area contributed by atoms with Crippen molar-refractivity contribution in [1.82, 2.24) is 19.7 Å². The van der Waals surface area contributed by atoms with E-state index in [1.807, 2.05) is 0 Å². The van der Waals surface area contributed by atoms with E-state index in [0.29, 0.717) is 11.3 Å². The van der Waals surface area contributed by atoms with Crippen LogP contribution < -0.4 is 5.73 Å². The average Bonchev–Trinajstić information content (AvgIpc) is 2.73. The number of rotatable bonds is 4. The third kappa shape index (κ3) is 3.92. The number of halogens is 3. The van der Waals surface area contributed by atoms with Crippen LogP contribution in [0.5, 0.6) is 0 Å². The molecule has 0 amide bonds. The van der Waals surface area contributed by atoms with Crippen LogP contribution in [0.4, 0.5) is 19.0 Å². The van der Waals surface area contributed by atoms with Gasteiger partial charge in [0, 0.05) is 24.9 Å². The number of hydrogen-bond donors (Lipinski definition) is 1. The van der Waals surface area contributed by atoms with E-state index in [4.69, 9.17) is 5.73 Å². The Morgan fingerprint density at radius 3 is 2.70 bits per heavy atom. The van der Waals surface area contributed by atoms with Crippen molar-refractivity contribution >= 4 is 5.82 Å². The van der Waals surface area contributed by atoms with Gasteiger partial charge in [-0.3, -0.25) is 4.68 Å². The molecule has 0 saturated heterocycles. The summed E-state index contributed by atoms with van der Waals surface area (Å²) in [6.07, 6.45) is -1.10. The third-order valence-corrected chi connectivity index (χ3v) is 2.29. The van der Waals surface area contributed by atoms with Gasteiger partial charge in [0.1, 0.15) is 19.0 Å². The minimum atomic E-state index is -4.38. The maximum atomic E-state index is 12.0. The van der Waals surface area contributed by atoms with Crippen molar-refractivity contribution in [1.29, 1.82) is 0 Å². The molecule has 0 unspecified atom stereocenters. The second kappa shape index (κ2) is 5.45. The smallest absolute Gasteiger partial charge is 0.384 e. The minimum absolute atomic E-state index is 0.0908. The van der Waals surface area contributed by atoms with Crippen molar-refractivity contribution in [3.8, 4) is 11.3 Å². The van der Waals surface area contributed by atoms with Crippen molar-refractivity contribution in [3.63, 3.8) is 0 Å². The summed E-state index contributed by atoms with van der Waals surface area (Å²) in [7, 11) is 1.74. The number of hydrogen-bond acceptors (Lipinski definition) is 5. The van der Waals surface area contributed by atoms with Crippen LogP contribution >= 0.6 is 0 Å². The Bertz CT molecular complexity index is 596. The van der Waals surface area contributed by atoms with Gasteiger partial charge in [-0.15, -0.1) is 0 Å². The molecular weight excluding hydrogens is 275 g/mol. The largest absolute Gasteiger partial charge is 0.411 e. The highest BCUT2D eigenvalue weighted by Gasteiger charge is 2.27. The van der Waals surface area contributed by atoms with E-state index < -0.39 is 12.8 Å². The molecule has 0 bridgehead atoms. The molecule has 0 saturated carbocycles. The first-order valence-electron chi connectivity index (χ1n) is 5.60. The zero-order valence-corrected chi connectivity index (χ0v) is 10.6. The lowest BCUT2D eigenvalue weighted by atomic mass is 10.2.